The first kappa shape index (κ1) is 18.2. The largest absolute Gasteiger partial charge is 0.480 e. The molecule has 0 spiro atoms. The average Bonchev–Trinajstić information content (AvgIpc) is 2.51. The van der Waals surface area contributed by atoms with Crippen molar-refractivity contribution >= 4 is 33.3 Å². The van der Waals surface area contributed by atoms with Gasteiger partial charge in [0.05, 0.1) is 15.6 Å². The van der Waals surface area contributed by atoms with Crippen LogP contribution in [0.2, 0.25) is 5.02 Å². The van der Waals surface area contributed by atoms with Crippen molar-refractivity contribution in [3.63, 3.8) is 0 Å². The highest BCUT2D eigenvalue weighted by Crippen LogP contribution is 2.29. The van der Waals surface area contributed by atoms with Crippen LogP contribution < -0.4 is 4.31 Å². The predicted molar refractivity (Wildman–Crippen MR) is 84.6 cm³/mol. The molecule has 0 radical (unpaired) electrons. The van der Waals surface area contributed by atoms with E-state index in [1.54, 1.807) is 0 Å². The summed E-state index contributed by atoms with van der Waals surface area (Å²) in [5.74, 6) is -2.83. The number of sulfonamides is 1. The molecule has 0 saturated heterocycles. The molecule has 1 N–H and O–H groups in total. The number of carboxylic acids is 1. The van der Waals surface area contributed by atoms with Gasteiger partial charge in [0.1, 0.15) is 17.7 Å². The van der Waals surface area contributed by atoms with Gasteiger partial charge in [-0.15, -0.1) is 0 Å². The Labute approximate surface area is 142 Å². The highest BCUT2D eigenvalue weighted by atomic mass is 35.5. The normalized spacial score (nSPS) is 12.7. The molecule has 0 heterocycles. The first-order valence-electron chi connectivity index (χ1n) is 6.62. The topological polar surface area (TPSA) is 74.7 Å². The summed E-state index contributed by atoms with van der Waals surface area (Å²) in [7, 11) is -4.34. The van der Waals surface area contributed by atoms with Crippen LogP contribution in [0.25, 0.3) is 0 Å². The number of nitrogens with zero attached hydrogens (tertiary/aromatic N) is 1. The van der Waals surface area contributed by atoms with Gasteiger partial charge in [0.25, 0.3) is 10.0 Å². The molecular formula is C15H12ClF2NO4S. The van der Waals surface area contributed by atoms with Crippen LogP contribution in [-0.4, -0.2) is 25.5 Å². The number of anilines is 1. The van der Waals surface area contributed by atoms with E-state index in [0.717, 1.165) is 49.4 Å². The maximum absolute atomic E-state index is 13.3. The summed E-state index contributed by atoms with van der Waals surface area (Å²) in [5, 5.41) is 8.86. The molecule has 2 rings (SSSR count). The van der Waals surface area contributed by atoms with Crippen molar-refractivity contribution in [3.05, 3.63) is 59.1 Å². The number of aliphatic carboxylic acids is 1. The Morgan fingerprint density at radius 2 is 1.75 bits per heavy atom. The van der Waals surface area contributed by atoms with Crippen molar-refractivity contribution in [3.8, 4) is 0 Å². The summed E-state index contributed by atoms with van der Waals surface area (Å²) in [5.41, 5.74) is -0.124. The fraction of sp³-hybridized carbons (Fsp3) is 0.133. The van der Waals surface area contributed by atoms with E-state index in [2.05, 4.69) is 0 Å². The Morgan fingerprint density at radius 3 is 2.25 bits per heavy atom. The lowest BCUT2D eigenvalue weighted by Crippen LogP contribution is -2.43. The van der Waals surface area contributed by atoms with Crippen LogP contribution in [-0.2, 0) is 14.8 Å². The standard InChI is InChI=1S/C15H12ClF2NO4S/c1-9(15(20)21)19(11-4-7-14(18)13(16)8-11)24(22,23)12-5-2-10(17)3-6-12/h2-9H,1H3,(H,20,21). The van der Waals surface area contributed by atoms with Gasteiger partial charge in [-0.1, -0.05) is 11.6 Å². The maximum atomic E-state index is 13.3. The van der Waals surface area contributed by atoms with Gasteiger partial charge in [0.15, 0.2) is 0 Å². The number of benzene rings is 2. The predicted octanol–water partition coefficient (Wildman–Crippen LogP) is 3.29. The highest BCUT2D eigenvalue weighted by Gasteiger charge is 2.33. The Morgan fingerprint density at radius 1 is 1.17 bits per heavy atom. The van der Waals surface area contributed by atoms with E-state index >= 15 is 0 Å². The van der Waals surface area contributed by atoms with E-state index in [4.69, 9.17) is 11.6 Å². The van der Waals surface area contributed by atoms with Gasteiger partial charge < -0.3 is 5.11 Å². The summed E-state index contributed by atoms with van der Waals surface area (Å²) >= 11 is 5.67. The van der Waals surface area contributed by atoms with Crippen molar-refractivity contribution in [2.45, 2.75) is 17.9 Å². The summed E-state index contributed by atoms with van der Waals surface area (Å²) in [6, 6.07) is 5.44. The zero-order valence-corrected chi connectivity index (χ0v) is 13.9. The van der Waals surface area contributed by atoms with Crippen LogP contribution >= 0.6 is 11.6 Å². The second kappa shape index (κ2) is 6.74. The van der Waals surface area contributed by atoms with E-state index in [9.17, 15) is 27.1 Å². The summed E-state index contributed by atoms with van der Waals surface area (Å²) < 4.78 is 52.5. The average molecular weight is 376 g/mol. The molecule has 0 aromatic heterocycles. The second-order valence-corrected chi connectivity index (χ2v) is 7.09. The second-order valence-electron chi connectivity index (χ2n) is 4.87. The number of carbonyl (C=O) groups is 1. The van der Waals surface area contributed by atoms with Crippen molar-refractivity contribution in [2.75, 3.05) is 4.31 Å². The fourth-order valence-corrected chi connectivity index (χ4v) is 3.79. The van der Waals surface area contributed by atoms with Crippen molar-refractivity contribution in [1.29, 1.82) is 0 Å². The van der Waals surface area contributed by atoms with Crippen molar-refractivity contribution in [2.24, 2.45) is 0 Å². The zero-order chi connectivity index (χ0) is 18.1. The first-order valence-corrected chi connectivity index (χ1v) is 8.44. The van der Waals surface area contributed by atoms with Gasteiger partial charge in [-0.2, -0.15) is 0 Å². The number of rotatable bonds is 5. The van der Waals surface area contributed by atoms with Gasteiger partial charge in [-0.25, -0.2) is 22.0 Å². The van der Waals surface area contributed by atoms with E-state index in [0.29, 0.717) is 4.31 Å². The van der Waals surface area contributed by atoms with Crippen molar-refractivity contribution < 1.29 is 27.1 Å². The molecule has 5 nitrogen and oxygen atoms in total. The molecule has 0 amide bonds. The molecule has 0 aliphatic rings. The Balaban J connectivity index is 2.63. The lowest BCUT2D eigenvalue weighted by atomic mass is 10.2. The third-order valence-electron chi connectivity index (χ3n) is 3.24. The Bertz CT molecular complexity index is 872. The molecule has 2 aromatic carbocycles. The molecule has 0 bridgehead atoms. The minimum Gasteiger partial charge on any atom is -0.480 e. The maximum Gasteiger partial charge on any atom is 0.327 e. The van der Waals surface area contributed by atoms with E-state index in [1.807, 2.05) is 0 Å². The van der Waals surface area contributed by atoms with Crippen LogP contribution in [0.15, 0.2) is 47.4 Å². The van der Waals surface area contributed by atoms with E-state index in [1.165, 1.54) is 0 Å². The molecule has 0 aliphatic heterocycles. The minimum atomic E-state index is -4.34. The van der Waals surface area contributed by atoms with Crippen LogP contribution in [0.1, 0.15) is 6.92 Å². The monoisotopic (exact) mass is 375 g/mol. The molecule has 1 unspecified atom stereocenters. The van der Waals surface area contributed by atoms with Crippen LogP contribution in [0, 0.1) is 11.6 Å². The Kier molecular flexibility index (Phi) is 5.10. The van der Waals surface area contributed by atoms with E-state index in [-0.39, 0.29) is 15.6 Å². The summed E-state index contributed by atoms with van der Waals surface area (Å²) in [6.45, 7) is 1.15. The Hall–Kier alpha value is -2.19. The summed E-state index contributed by atoms with van der Waals surface area (Å²) in [4.78, 5) is 11.0. The van der Waals surface area contributed by atoms with Gasteiger partial charge in [0, 0.05) is 0 Å². The molecule has 1 atom stereocenters. The SMILES string of the molecule is CC(C(=O)O)N(c1ccc(F)c(Cl)c1)S(=O)(=O)c1ccc(F)cc1. The van der Waals surface area contributed by atoms with E-state index < -0.39 is 33.7 Å². The first-order chi connectivity index (χ1) is 11.1. The van der Waals surface area contributed by atoms with Crippen molar-refractivity contribution in [1.82, 2.24) is 0 Å². The molecular weight excluding hydrogens is 364 g/mol. The van der Waals surface area contributed by atoms with Crippen LogP contribution in [0.4, 0.5) is 14.5 Å². The third kappa shape index (κ3) is 3.49. The number of hydrogen-bond acceptors (Lipinski definition) is 3. The number of hydrogen-bond donors (Lipinski definition) is 1. The third-order valence-corrected chi connectivity index (χ3v) is 5.44. The smallest absolute Gasteiger partial charge is 0.327 e. The van der Waals surface area contributed by atoms with Gasteiger partial charge in [0.2, 0.25) is 0 Å². The number of carboxylic acid groups (broad SMARTS) is 1. The zero-order valence-electron chi connectivity index (χ0n) is 12.3. The quantitative estimate of drug-likeness (QED) is 0.870. The lowest BCUT2D eigenvalue weighted by molar-refractivity contribution is -0.137. The van der Waals surface area contributed by atoms with Gasteiger partial charge >= 0.3 is 5.97 Å². The highest BCUT2D eigenvalue weighted by molar-refractivity contribution is 7.92. The van der Waals surface area contributed by atoms with Gasteiger partial charge in [-0.05, 0) is 49.4 Å². The molecule has 9 heteroatoms. The van der Waals surface area contributed by atoms with Crippen LogP contribution in [0.5, 0.6) is 0 Å². The molecule has 128 valence electrons. The molecule has 24 heavy (non-hydrogen) atoms. The number of halogens is 3. The van der Waals surface area contributed by atoms with Crippen LogP contribution in [0.3, 0.4) is 0 Å². The molecule has 0 aliphatic carbocycles. The van der Waals surface area contributed by atoms with Gasteiger partial charge in [-0.3, -0.25) is 4.31 Å². The fourth-order valence-electron chi connectivity index (χ4n) is 2.01. The molecule has 2 aromatic rings. The summed E-state index contributed by atoms with van der Waals surface area (Å²) in [6.07, 6.45) is 0. The molecule has 0 saturated carbocycles. The molecule has 0 fully saturated rings. The minimum absolute atomic E-state index is 0.124. The lowest BCUT2D eigenvalue weighted by Gasteiger charge is -2.28.